The van der Waals surface area contributed by atoms with Crippen molar-refractivity contribution in [2.75, 3.05) is 4.90 Å². The quantitative estimate of drug-likeness (QED) is 0.150. The van der Waals surface area contributed by atoms with Crippen LogP contribution in [0.2, 0.25) is 0 Å². The lowest BCUT2D eigenvalue weighted by Gasteiger charge is -2.29. The standard InChI is InChI=1S/C56H39N/c1-4-14-40(15-5-1)49-31-37-55(54(39-49)43-17-6-2-7-18-43)57(50-32-26-42(27-33-50)48-25-24-41-16-10-11-22-47(41)38-48)51-34-28-45(29-35-51)53-36-30-44-19-12-13-23-52(44)56(53)46-20-8-3-9-21-46/h1-39H/i28D,29D,31D,34D,35D,37D,39D. The summed E-state index contributed by atoms with van der Waals surface area (Å²) in [5.74, 6) is 0. The molecule has 268 valence electrons. The second-order valence-electron chi connectivity index (χ2n) is 13.9. The molecule has 57 heavy (non-hydrogen) atoms. The molecule has 0 atom stereocenters. The Bertz CT molecular complexity index is 3360. The Balaban J connectivity index is 1.26. The molecule has 1 heteroatoms. The Hall–Kier alpha value is -7.48. The fraction of sp³-hybridized carbons (Fsp3) is 0. The lowest BCUT2D eigenvalue weighted by Crippen LogP contribution is -2.11. The van der Waals surface area contributed by atoms with Gasteiger partial charge >= 0.3 is 0 Å². The lowest BCUT2D eigenvalue weighted by atomic mass is 9.89. The summed E-state index contributed by atoms with van der Waals surface area (Å²) in [4.78, 5) is 1.56. The predicted molar refractivity (Wildman–Crippen MR) is 243 cm³/mol. The number of hydrogen-bond acceptors (Lipinski definition) is 1. The van der Waals surface area contributed by atoms with Gasteiger partial charge < -0.3 is 4.90 Å². The maximum absolute atomic E-state index is 9.89. The van der Waals surface area contributed by atoms with Crippen LogP contribution in [0, 0.1) is 0 Å². The number of hydrogen-bond donors (Lipinski definition) is 0. The van der Waals surface area contributed by atoms with Crippen LogP contribution in [-0.4, -0.2) is 0 Å². The van der Waals surface area contributed by atoms with Crippen molar-refractivity contribution in [2.45, 2.75) is 0 Å². The second kappa shape index (κ2) is 15.0. The molecule has 0 saturated heterocycles. The van der Waals surface area contributed by atoms with Gasteiger partial charge in [0.1, 0.15) is 0 Å². The molecule has 10 rings (SSSR count). The summed E-state index contributed by atoms with van der Waals surface area (Å²) in [6.07, 6.45) is 0. The van der Waals surface area contributed by atoms with E-state index in [1.165, 1.54) is 0 Å². The minimum atomic E-state index is -0.328. The Labute approximate surface area is 344 Å². The molecule has 0 aliphatic rings. The van der Waals surface area contributed by atoms with Gasteiger partial charge in [-0.25, -0.2) is 0 Å². The van der Waals surface area contributed by atoms with Crippen molar-refractivity contribution in [2.24, 2.45) is 0 Å². The summed E-state index contributed by atoms with van der Waals surface area (Å²) in [5.41, 5.74) is 6.50. The number of fused-ring (bicyclic) bond motifs is 2. The van der Waals surface area contributed by atoms with Crippen LogP contribution >= 0.6 is 0 Å². The average molecular weight is 733 g/mol. The van der Waals surface area contributed by atoms with Crippen molar-refractivity contribution >= 4 is 38.6 Å². The average Bonchev–Trinajstić information content (AvgIpc) is 3.34. The molecule has 0 N–H and O–H groups in total. The Morgan fingerprint density at radius 2 is 0.860 bits per heavy atom. The molecule has 1 nitrogen and oxygen atoms in total. The maximum Gasteiger partial charge on any atom is 0.0645 e. The van der Waals surface area contributed by atoms with Gasteiger partial charge in [0.15, 0.2) is 0 Å². The molecule has 0 radical (unpaired) electrons. The van der Waals surface area contributed by atoms with E-state index in [4.69, 9.17) is 0 Å². The first-order valence-corrected chi connectivity index (χ1v) is 19.0. The van der Waals surface area contributed by atoms with Gasteiger partial charge in [-0.3, -0.25) is 0 Å². The van der Waals surface area contributed by atoms with E-state index in [0.717, 1.165) is 43.8 Å². The van der Waals surface area contributed by atoms with Gasteiger partial charge in [-0.2, -0.15) is 0 Å². The van der Waals surface area contributed by atoms with E-state index in [1.54, 1.807) is 4.90 Å². The van der Waals surface area contributed by atoms with Crippen molar-refractivity contribution in [1.29, 1.82) is 0 Å². The molecule has 0 heterocycles. The topological polar surface area (TPSA) is 3.24 Å². The van der Waals surface area contributed by atoms with Crippen LogP contribution in [0.4, 0.5) is 17.1 Å². The molecule has 0 aromatic heterocycles. The second-order valence-corrected chi connectivity index (χ2v) is 13.9. The lowest BCUT2D eigenvalue weighted by molar-refractivity contribution is 1.28. The van der Waals surface area contributed by atoms with Crippen LogP contribution in [0.15, 0.2) is 236 Å². The Morgan fingerprint density at radius 3 is 1.58 bits per heavy atom. The molecule has 0 unspecified atom stereocenters. The highest BCUT2D eigenvalue weighted by Crippen LogP contribution is 2.45. The minimum Gasteiger partial charge on any atom is -0.310 e. The minimum absolute atomic E-state index is 0.00160. The van der Waals surface area contributed by atoms with Crippen molar-refractivity contribution in [3.8, 4) is 55.6 Å². The summed E-state index contributed by atoms with van der Waals surface area (Å²) in [7, 11) is 0. The molecule has 0 fully saturated rings. The van der Waals surface area contributed by atoms with Crippen LogP contribution in [0.25, 0.3) is 77.2 Å². The van der Waals surface area contributed by atoms with Gasteiger partial charge in [-0.05, 0) is 114 Å². The molecule has 0 saturated carbocycles. The van der Waals surface area contributed by atoms with Crippen molar-refractivity contribution < 1.29 is 9.60 Å². The van der Waals surface area contributed by atoms with E-state index in [1.807, 2.05) is 164 Å². The first-order valence-electron chi connectivity index (χ1n) is 22.5. The zero-order valence-corrected chi connectivity index (χ0v) is 30.9. The van der Waals surface area contributed by atoms with E-state index in [0.29, 0.717) is 27.9 Å². The SMILES string of the molecule is [2H]c1c([2H])c(N(c2ccc(-c3ccc4ccccc4c3)cc2)c2c([2H])c([2H])c(-c3ccc4ccccc4c3-c3ccccc3)c([2H])c2[2H])c(-c2ccccc2)c([2H])c1-c1ccccc1. The summed E-state index contributed by atoms with van der Waals surface area (Å²) in [5, 5.41) is 4.10. The number of benzene rings is 10. The zero-order chi connectivity index (χ0) is 44.1. The fourth-order valence-electron chi connectivity index (χ4n) is 7.62. The summed E-state index contributed by atoms with van der Waals surface area (Å²) in [6.45, 7) is 0. The largest absolute Gasteiger partial charge is 0.310 e. The molecule has 0 bridgehead atoms. The number of rotatable bonds is 8. The van der Waals surface area contributed by atoms with Crippen LogP contribution in [-0.2, 0) is 0 Å². The molecule has 0 amide bonds. The van der Waals surface area contributed by atoms with Gasteiger partial charge in [-0.15, -0.1) is 0 Å². The Morgan fingerprint density at radius 1 is 0.316 bits per heavy atom. The van der Waals surface area contributed by atoms with Crippen molar-refractivity contribution in [3.63, 3.8) is 0 Å². The van der Waals surface area contributed by atoms with Crippen molar-refractivity contribution in [3.05, 3.63) is 236 Å². The van der Waals surface area contributed by atoms with Crippen LogP contribution in [0.5, 0.6) is 0 Å². The number of nitrogens with zero attached hydrogens (tertiary/aromatic N) is 1. The highest BCUT2D eigenvalue weighted by molar-refractivity contribution is 6.04. The smallest absolute Gasteiger partial charge is 0.0645 e. The first kappa shape index (κ1) is 27.2. The highest BCUT2D eigenvalue weighted by Gasteiger charge is 2.20. The van der Waals surface area contributed by atoms with Gasteiger partial charge in [0.2, 0.25) is 0 Å². The van der Waals surface area contributed by atoms with Gasteiger partial charge in [0, 0.05) is 16.9 Å². The molecule has 0 aliphatic carbocycles. The highest BCUT2D eigenvalue weighted by atomic mass is 15.1. The molecule has 0 aliphatic heterocycles. The summed E-state index contributed by atoms with van der Waals surface area (Å²) >= 11 is 0. The van der Waals surface area contributed by atoms with Gasteiger partial charge in [0.25, 0.3) is 0 Å². The third-order valence-electron chi connectivity index (χ3n) is 10.4. The predicted octanol–water partition coefficient (Wildman–Crippen LogP) is 15.8. The molecule has 10 aromatic carbocycles. The van der Waals surface area contributed by atoms with E-state index in [-0.39, 0.29) is 64.8 Å². The molecular formula is C56H39N. The molecule has 0 spiro atoms. The van der Waals surface area contributed by atoms with E-state index >= 15 is 0 Å². The Kier molecular flexibility index (Phi) is 7.14. The number of anilines is 3. The third kappa shape index (κ3) is 6.66. The van der Waals surface area contributed by atoms with E-state index in [2.05, 4.69) is 30.3 Å². The normalized spacial score (nSPS) is 12.9. The van der Waals surface area contributed by atoms with E-state index in [9.17, 15) is 9.60 Å². The first-order chi connectivity index (χ1) is 31.2. The monoisotopic (exact) mass is 732 g/mol. The van der Waals surface area contributed by atoms with E-state index < -0.39 is 0 Å². The maximum atomic E-state index is 9.89. The van der Waals surface area contributed by atoms with Crippen molar-refractivity contribution in [1.82, 2.24) is 0 Å². The van der Waals surface area contributed by atoms with Gasteiger partial charge in [0.05, 0.1) is 15.3 Å². The van der Waals surface area contributed by atoms with Crippen LogP contribution in [0.1, 0.15) is 9.60 Å². The van der Waals surface area contributed by atoms with Crippen LogP contribution in [0.3, 0.4) is 0 Å². The fourth-order valence-corrected chi connectivity index (χ4v) is 7.62. The van der Waals surface area contributed by atoms with Gasteiger partial charge in [-0.1, -0.05) is 194 Å². The summed E-state index contributed by atoms with van der Waals surface area (Å²) < 4.78 is 68.5. The van der Waals surface area contributed by atoms with Crippen LogP contribution < -0.4 is 4.90 Å². The molecule has 10 aromatic rings. The summed E-state index contributed by atoms with van der Waals surface area (Å²) in [6, 6.07) is 60.3. The molecular weight excluding hydrogens is 687 g/mol. The third-order valence-corrected chi connectivity index (χ3v) is 10.4. The zero-order valence-electron chi connectivity index (χ0n) is 37.9.